The zero-order valence-electron chi connectivity index (χ0n) is 14.1. The molecule has 1 saturated heterocycles. The van der Waals surface area contributed by atoms with Crippen LogP contribution in [-0.2, 0) is 16.9 Å². The standard InChI is InChI=1S/C16H20N4O4S/c1-18-14(5-8-17-18)12-6-9-19(10-7-12)15-4-3-13(20(21)22)11-16(15)25(2,23)24/h3-5,8,11-12H,6-7,9-10H2,1-2H3. The van der Waals surface area contributed by atoms with Crippen LogP contribution in [0.5, 0.6) is 0 Å². The number of nitro benzene ring substituents is 1. The van der Waals surface area contributed by atoms with E-state index < -0.39 is 14.8 Å². The lowest BCUT2D eigenvalue weighted by molar-refractivity contribution is -0.385. The first-order chi connectivity index (χ1) is 11.8. The molecule has 0 bridgehead atoms. The first kappa shape index (κ1) is 17.4. The van der Waals surface area contributed by atoms with Gasteiger partial charge < -0.3 is 4.90 Å². The second kappa shape index (κ2) is 6.47. The smallest absolute Gasteiger partial charge is 0.270 e. The molecule has 0 atom stereocenters. The predicted molar refractivity (Wildman–Crippen MR) is 93.6 cm³/mol. The number of nitro groups is 1. The van der Waals surface area contributed by atoms with Gasteiger partial charge in [-0.05, 0) is 25.0 Å². The van der Waals surface area contributed by atoms with E-state index in [4.69, 9.17) is 0 Å². The molecule has 1 aliphatic rings. The third-order valence-corrected chi connectivity index (χ3v) is 5.79. The molecule has 1 aliphatic heterocycles. The van der Waals surface area contributed by atoms with Crippen molar-refractivity contribution >= 4 is 21.2 Å². The topological polar surface area (TPSA) is 98.3 Å². The van der Waals surface area contributed by atoms with Crippen LogP contribution in [0.25, 0.3) is 0 Å². The van der Waals surface area contributed by atoms with Gasteiger partial charge in [-0.25, -0.2) is 8.42 Å². The van der Waals surface area contributed by atoms with Crippen molar-refractivity contribution in [1.82, 2.24) is 9.78 Å². The summed E-state index contributed by atoms with van der Waals surface area (Å²) < 4.78 is 26.1. The third-order valence-electron chi connectivity index (χ3n) is 4.67. The van der Waals surface area contributed by atoms with E-state index in [1.807, 2.05) is 22.7 Å². The maximum absolute atomic E-state index is 12.1. The molecule has 9 heteroatoms. The molecular weight excluding hydrogens is 344 g/mol. The highest BCUT2D eigenvalue weighted by molar-refractivity contribution is 7.90. The van der Waals surface area contributed by atoms with Gasteiger partial charge in [-0.15, -0.1) is 0 Å². The summed E-state index contributed by atoms with van der Waals surface area (Å²) in [5.74, 6) is 0.378. The molecule has 8 nitrogen and oxygen atoms in total. The molecule has 0 amide bonds. The molecule has 1 aromatic heterocycles. The van der Waals surface area contributed by atoms with Gasteiger partial charge in [0.1, 0.15) is 0 Å². The number of aryl methyl sites for hydroxylation is 1. The molecule has 2 heterocycles. The van der Waals surface area contributed by atoms with Crippen LogP contribution in [0, 0.1) is 10.1 Å². The van der Waals surface area contributed by atoms with Gasteiger partial charge in [0, 0.05) is 56.3 Å². The highest BCUT2D eigenvalue weighted by Crippen LogP contribution is 2.34. The van der Waals surface area contributed by atoms with Crippen molar-refractivity contribution in [1.29, 1.82) is 0 Å². The summed E-state index contributed by atoms with van der Waals surface area (Å²) >= 11 is 0. The molecule has 0 aliphatic carbocycles. The normalized spacial score (nSPS) is 16.2. The summed E-state index contributed by atoms with van der Waals surface area (Å²) in [6.07, 6.45) is 4.61. The van der Waals surface area contributed by atoms with E-state index in [0.29, 0.717) is 24.7 Å². The minimum atomic E-state index is -3.56. The maximum atomic E-state index is 12.1. The second-order valence-corrected chi connectivity index (χ2v) is 8.31. The van der Waals surface area contributed by atoms with Gasteiger partial charge in [0.15, 0.2) is 9.84 Å². The monoisotopic (exact) mass is 364 g/mol. The minimum Gasteiger partial charge on any atom is -0.370 e. The average molecular weight is 364 g/mol. The number of hydrogen-bond donors (Lipinski definition) is 0. The number of non-ortho nitro benzene ring substituents is 1. The van der Waals surface area contributed by atoms with Crippen molar-refractivity contribution in [2.24, 2.45) is 7.05 Å². The van der Waals surface area contributed by atoms with Crippen molar-refractivity contribution in [2.75, 3.05) is 24.2 Å². The van der Waals surface area contributed by atoms with Gasteiger partial charge in [-0.2, -0.15) is 5.10 Å². The summed E-state index contributed by atoms with van der Waals surface area (Å²) in [4.78, 5) is 12.4. The Morgan fingerprint density at radius 3 is 2.44 bits per heavy atom. The average Bonchev–Trinajstić information content (AvgIpc) is 2.99. The van der Waals surface area contributed by atoms with Crippen molar-refractivity contribution in [3.63, 3.8) is 0 Å². The molecule has 1 fully saturated rings. The maximum Gasteiger partial charge on any atom is 0.270 e. The molecule has 0 radical (unpaired) electrons. The molecule has 134 valence electrons. The highest BCUT2D eigenvalue weighted by Gasteiger charge is 2.27. The molecule has 3 rings (SSSR count). The fraction of sp³-hybridized carbons (Fsp3) is 0.438. The summed E-state index contributed by atoms with van der Waals surface area (Å²) in [6, 6.07) is 6.06. The quantitative estimate of drug-likeness (QED) is 0.609. The molecule has 0 saturated carbocycles. The largest absolute Gasteiger partial charge is 0.370 e. The van der Waals surface area contributed by atoms with Gasteiger partial charge in [0.05, 0.1) is 15.5 Å². The van der Waals surface area contributed by atoms with Crippen LogP contribution in [-0.4, -0.2) is 42.5 Å². The molecule has 0 N–H and O–H groups in total. The Morgan fingerprint density at radius 2 is 1.92 bits per heavy atom. The molecule has 0 unspecified atom stereocenters. The lowest BCUT2D eigenvalue weighted by atomic mass is 9.93. The van der Waals surface area contributed by atoms with Crippen LogP contribution in [0.3, 0.4) is 0 Å². The Morgan fingerprint density at radius 1 is 1.24 bits per heavy atom. The number of anilines is 1. The van der Waals surface area contributed by atoms with Crippen LogP contribution >= 0.6 is 0 Å². The third kappa shape index (κ3) is 3.51. The molecule has 0 spiro atoms. The number of benzene rings is 1. The van der Waals surface area contributed by atoms with Crippen LogP contribution < -0.4 is 4.90 Å². The minimum absolute atomic E-state index is 0.0145. The highest BCUT2D eigenvalue weighted by atomic mass is 32.2. The van der Waals surface area contributed by atoms with Crippen LogP contribution in [0.1, 0.15) is 24.5 Å². The van der Waals surface area contributed by atoms with Gasteiger partial charge in [-0.1, -0.05) is 0 Å². The van der Waals surface area contributed by atoms with E-state index in [1.54, 1.807) is 12.3 Å². The number of aromatic nitrogens is 2. The SMILES string of the molecule is Cn1nccc1C1CCN(c2ccc([N+](=O)[O-])cc2S(C)(=O)=O)CC1. The van der Waals surface area contributed by atoms with Gasteiger partial charge in [-0.3, -0.25) is 14.8 Å². The van der Waals surface area contributed by atoms with E-state index in [2.05, 4.69) is 5.10 Å². The molecule has 2 aromatic rings. The Bertz CT molecular complexity index is 899. The Labute approximate surface area is 146 Å². The van der Waals surface area contributed by atoms with Crippen molar-refractivity contribution in [3.05, 3.63) is 46.3 Å². The predicted octanol–water partition coefficient (Wildman–Crippen LogP) is 2.12. The van der Waals surface area contributed by atoms with Gasteiger partial charge in [0.25, 0.3) is 5.69 Å². The van der Waals surface area contributed by atoms with Crippen molar-refractivity contribution < 1.29 is 13.3 Å². The second-order valence-electron chi connectivity index (χ2n) is 6.32. The molecule has 1 aromatic carbocycles. The summed E-state index contributed by atoms with van der Waals surface area (Å²) in [6.45, 7) is 1.38. The number of hydrogen-bond acceptors (Lipinski definition) is 6. The molecular formula is C16H20N4O4S. The Hall–Kier alpha value is -2.42. The van der Waals surface area contributed by atoms with E-state index in [0.717, 1.165) is 25.2 Å². The van der Waals surface area contributed by atoms with Gasteiger partial charge in [0.2, 0.25) is 0 Å². The number of rotatable bonds is 4. The van der Waals surface area contributed by atoms with E-state index >= 15 is 0 Å². The Balaban J connectivity index is 1.86. The van der Waals surface area contributed by atoms with E-state index in [-0.39, 0.29) is 10.6 Å². The lowest BCUT2D eigenvalue weighted by Gasteiger charge is -2.34. The van der Waals surface area contributed by atoms with Crippen LogP contribution in [0.15, 0.2) is 35.4 Å². The number of piperidine rings is 1. The van der Waals surface area contributed by atoms with Crippen LogP contribution in [0.4, 0.5) is 11.4 Å². The first-order valence-electron chi connectivity index (χ1n) is 7.98. The summed E-state index contributed by atoms with van der Waals surface area (Å²) in [5.41, 5.74) is 1.50. The zero-order chi connectivity index (χ0) is 18.2. The zero-order valence-corrected chi connectivity index (χ0v) is 14.9. The van der Waals surface area contributed by atoms with E-state index in [9.17, 15) is 18.5 Å². The summed E-state index contributed by atoms with van der Waals surface area (Å²) in [5, 5.41) is 15.2. The first-order valence-corrected chi connectivity index (χ1v) is 9.88. The number of nitrogens with zero attached hydrogens (tertiary/aromatic N) is 4. The van der Waals surface area contributed by atoms with E-state index in [1.165, 1.54) is 11.8 Å². The van der Waals surface area contributed by atoms with Crippen LogP contribution in [0.2, 0.25) is 0 Å². The van der Waals surface area contributed by atoms with Gasteiger partial charge >= 0.3 is 0 Å². The van der Waals surface area contributed by atoms with Crippen molar-refractivity contribution in [2.45, 2.75) is 23.7 Å². The number of sulfone groups is 1. The lowest BCUT2D eigenvalue weighted by Crippen LogP contribution is -2.34. The van der Waals surface area contributed by atoms with Crippen molar-refractivity contribution in [3.8, 4) is 0 Å². The summed E-state index contributed by atoms with van der Waals surface area (Å²) in [7, 11) is -1.65. The fourth-order valence-electron chi connectivity index (χ4n) is 3.38. The Kier molecular flexibility index (Phi) is 4.51. The fourth-order valence-corrected chi connectivity index (χ4v) is 4.29. The molecule has 25 heavy (non-hydrogen) atoms.